The van der Waals surface area contributed by atoms with Crippen molar-refractivity contribution in [2.45, 2.75) is 59.0 Å². The maximum Gasteiger partial charge on any atom is 0.142 e. The molecule has 3 heteroatoms. The topological polar surface area (TPSA) is 12.5 Å². The van der Waals surface area contributed by atoms with Crippen LogP contribution in [0.5, 0.6) is 5.75 Å². The molecule has 0 fully saturated rings. The van der Waals surface area contributed by atoms with Gasteiger partial charge in [0.2, 0.25) is 0 Å². The minimum absolute atomic E-state index is 0.127. The fourth-order valence-corrected chi connectivity index (χ4v) is 2.80. The van der Waals surface area contributed by atoms with Crippen molar-refractivity contribution in [2.75, 3.05) is 6.73 Å². The van der Waals surface area contributed by atoms with E-state index in [1.54, 1.807) is 0 Å². The Morgan fingerprint density at radius 2 is 1.74 bits per heavy atom. The molecular formula is C16H24BrNO. The maximum atomic E-state index is 5.94. The molecular weight excluding hydrogens is 302 g/mol. The van der Waals surface area contributed by atoms with E-state index >= 15 is 0 Å². The summed E-state index contributed by atoms with van der Waals surface area (Å²) in [6.07, 6.45) is 0. The Balaban J connectivity index is 2.41. The number of rotatable bonds is 0. The van der Waals surface area contributed by atoms with Crippen LogP contribution in [-0.2, 0) is 12.0 Å². The summed E-state index contributed by atoms with van der Waals surface area (Å²) in [7, 11) is 0. The van der Waals surface area contributed by atoms with Gasteiger partial charge in [-0.05, 0) is 53.7 Å². The number of hydrogen-bond acceptors (Lipinski definition) is 2. The highest BCUT2D eigenvalue weighted by Crippen LogP contribution is 2.38. The van der Waals surface area contributed by atoms with Crippen molar-refractivity contribution in [3.05, 3.63) is 27.7 Å². The van der Waals surface area contributed by atoms with E-state index in [9.17, 15) is 0 Å². The maximum absolute atomic E-state index is 5.94. The van der Waals surface area contributed by atoms with E-state index in [1.165, 1.54) is 11.1 Å². The second kappa shape index (κ2) is 4.78. The zero-order valence-electron chi connectivity index (χ0n) is 12.8. The predicted octanol–water partition coefficient (Wildman–Crippen LogP) is 4.70. The first-order chi connectivity index (χ1) is 8.59. The Bertz CT molecular complexity index is 483. The van der Waals surface area contributed by atoms with Crippen LogP contribution in [0, 0.1) is 0 Å². The molecule has 1 aromatic carbocycles. The zero-order chi connectivity index (χ0) is 14.4. The summed E-state index contributed by atoms with van der Waals surface area (Å²) in [5, 5.41) is 0. The monoisotopic (exact) mass is 325 g/mol. The molecule has 0 N–H and O–H groups in total. The molecule has 0 aromatic heterocycles. The number of halogens is 1. The molecule has 0 spiro atoms. The summed E-state index contributed by atoms with van der Waals surface area (Å²) in [6.45, 7) is 15.0. The van der Waals surface area contributed by atoms with E-state index < -0.39 is 0 Å². The highest BCUT2D eigenvalue weighted by Gasteiger charge is 2.29. The van der Waals surface area contributed by atoms with Gasteiger partial charge in [-0.3, -0.25) is 4.90 Å². The van der Waals surface area contributed by atoms with Crippen LogP contribution in [0.25, 0.3) is 0 Å². The molecule has 0 aliphatic carbocycles. The van der Waals surface area contributed by atoms with Crippen LogP contribution in [0.1, 0.15) is 52.7 Å². The van der Waals surface area contributed by atoms with E-state index in [-0.39, 0.29) is 11.0 Å². The van der Waals surface area contributed by atoms with Crippen LogP contribution in [0.15, 0.2) is 16.6 Å². The largest absolute Gasteiger partial charge is 0.477 e. The Morgan fingerprint density at radius 3 is 2.26 bits per heavy atom. The van der Waals surface area contributed by atoms with Gasteiger partial charge in [-0.2, -0.15) is 0 Å². The summed E-state index contributed by atoms with van der Waals surface area (Å²) in [5.74, 6) is 1.01. The van der Waals surface area contributed by atoms with E-state index in [0.29, 0.717) is 6.73 Å². The lowest BCUT2D eigenvalue weighted by atomic mass is 9.85. The van der Waals surface area contributed by atoms with Gasteiger partial charge < -0.3 is 4.74 Å². The summed E-state index contributed by atoms with van der Waals surface area (Å²) < 4.78 is 7.01. The Morgan fingerprint density at radius 1 is 1.11 bits per heavy atom. The van der Waals surface area contributed by atoms with E-state index in [0.717, 1.165) is 16.8 Å². The minimum Gasteiger partial charge on any atom is -0.477 e. The average molecular weight is 326 g/mol. The number of ether oxygens (including phenoxy) is 1. The van der Waals surface area contributed by atoms with Gasteiger partial charge in [0, 0.05) is 17.6 Å². The van der Waals surface area contributed by atoms with Crippen molar-refractivity contribution in [2.24, 2.45) is 0 Å². The molecule has 19 heavy (non-hydrogen) atoms. The second-order valence-electron chi connectivity index (χ2n) is 7.34. The molecule has 1 aliphatic heterocycles. The lowest BCUT2D eigenvalue weighted by molar-refractivity contribution is 0.0212. The molecule has 0 saturated heterocycles. The molecule has 1 aromatic rings. The van der Waals surface area contributed by atoms with Gasteiger partial charge in [0.25, 0.3) is 0 Å². The fourth-order valence-electron chi connectivity index (χ4n) is 2.19. The number of hydrogen-bond donors (Lipinski definition) is 0. The molecule has 2 nitrogen and oxygen atoms in total. The Kier molecular flexibility index (Phi) is 3.74. The van der Waals surface area contributed by atoms with E-state index in [1.807, 2.05) is 0 Å². The van der Waals surface area contributed by atoms with E-state index in [2.05, 4.69) is 74.5 Å². The smallest absolute Gasteiger partial charge is 0.142 e. The third kappa shape index (κ3) is 3.14. The van der Waals surface area contributed by atoms with Gasteiger partial charge in [0.05, 0.1) is 4.47 Å². The predicted molar refractivity (Wildman–Crippen MR) is 83.6 cm³/mol. The third-order valence-electron chi connectivity index (χ3n) is 3.66. The molecule has 1 aliphatic rings. The summed E-state index contributed by atoms with van der Waals surface area (Å²) in [6, 6.07) is 4.48. The third-order valence-corrected chi connectivity index (χ3v) is 4.25. The van der Waals surface area contributed by atoms with Gasteiger partial charge in [-0.15, -0.1) is 0 Å². The van der Waals surface area contributed by atoms with Crippen LogP contribution in [0.3, 0.4) is 0 Å². The summed E-state index contributed by atoms with van der Waals surface area (Å²) >= 11 is 3.65. The molecule has 2 rings (SSSR count). The molecule has 0 unspecified atom stereocenters. The molecule has 0 amide bonds. The summed E-state index contributed by atoms with van der Waals surface area (Å²) in [5.41, 5.74) is 2.90. The van der Waals surface area contributed by atoms with Gasteiger partial charge in [-0.25, -0.2) is 0 Å². The molecule has 106 valence electrons. The number of fused-ring (bicyclic) bond motifs is 1. The highest BCUT2D eigenvalue weighted by molar-refractivity contribution is 9.10. The number of benzene rings is 1. The van der Waals surface area contributed by atoms with Crippen molar-refractivity contribution in [3.8, 4) is 5.75 Å². The molecule has 1 heterocycles. The molecule has 0 saturated carbocycles. The van der Waals surface area contributed by atoms with Crippen LogP contribution in [0.4, 0.5) is 0 Å². The Labute approximate surface area is 125 Å². The van der Waals surface area contributed by atoms with Crippen molar-refractivity contribution in [1.82, 2.24) is 4.90 Å². The molecule has 0 atom stereocenters. The average Bonchev–Trinajstić information content (AvgIpc) is 2.25. The first-order valence-corrected chi connectivity index (χ1v) is 7.59. The second-order valence-corrected chi connectivity index (χ2v) is 8.19. The van der Waals surface area contributed by atoms with Crippen molar-refractivity contribution in [1.29, 1.82) is 0 Å². The summed E-state index contributed by atoms with van der Waals surface area (Å²) in [4.78, 5) is 2.36. The van der Waals surface area contributed by atoms with Crippen LogP contribution < -0.4 is 4.74 Å². The molecule has 0 bridgehead atoms. The van der Waals surface area contributed by atoms with Crippen molar-refractivity contribution >= 4 is 15.9 Å². The van der Waals surface area contributed by atoms with Gasteiger partial charge >= 0.3 is 0 Å². The van der Waals surface area contributed by atoms with E-state index in [4.69, 9.17) is 4.74 Å². The number of nitrogens with zero attached hydrogens (tertiary/aromatic N) is 1. The van der Waals surface area contributed by atoms with Gasteiger partial charge in [0.1, 0.15) is 12.5 Å². The van der Waals surface area contributed by atoms with Crippen LogP contribution in [-0.4, -0.2) is 17.2 Å². The van der Waals surface area contributed by atoms with Crippen molar-refractivity contribution < 1.29 is 4.74 Å². The quantitative estimate of drug-likeness (QED) is 0.685. The van der Waals surface area contributed by atoms with Crippen LogP contribution >= 0.6 is 15.9 Å². The standard InChI is InChI=1S/C16H24BrNO/c1-15(2,3)12-7-11-9-18(16(4,5)6)10-19-14(11)13(17)8-12/h7-8H,9-10H2,1-6H3. The highest BCUT2D eigenvalue weighted by atomic mass is 79.9. The Hall–Kier alpha value is -0.540. The fraction of sp³-hybridized carbons (Fsp3) is 0.625. The first kappa shape index (κ1) is 14.9. The lowest BCUT2D eigenvalue weighted by Gasteiger charge is -2.39. The van der Waals surface area contributed by atoms with Gasteiger partial charge in [-0.1, -0.05) is 26.8 Å². The van der Waals surface area contributed by atoms with Gasteiger partial charge in [0.15, 0.2) is 0 Å². The van der Waals surface area contributed by atoms with Crippen LogP contribution in [0.2, 0.25) is 0 Å². The lowest BCUT2D eigenvalue weighted by Crippen LogP contribution is -2.45. The first-order valence-electron chi connectivity index (χ1n) is 6.80. The van der Waals surface area contributed by atoms with Crippen molar-refractivity contribution in [3.63, 3.8) is 0 Å². The molecule has 0 radical (unpaired) electrons. The normalized spacial score (nSPS) is 17.0. The SMILES string of the molecule is CC(C)(C)c1cc(Br)c2c(c1)CN(C(C)(C)C)CO2. The zero-order valence-corrected chi connectivity index (χ0v) is 14.4. The minimum atomic E-state index is 0.127.